The van der Waals surface area contributed by atoms with Gasteiger partial charge in [-0.05, 0) is 57.3 Å². The maximum absolute atomic E-state index is 4.67. The van der Waals surface area contributed by atoms with Crippen molar-refractivity contribution in [3.05, 3.63) is 36.4 Å². The van der Waals surface area contributed by atoms with E-state index in [4.69, 9.17) is 0 Å². The normalized spacial score (nSPS) is 21.7. The summed E-state index contributed by atoms with van der Waals surface area (Å²) in [5.74, 6) is 0.634. The lowest BCUT2D eigenvalue weighted by Gasteiger charge is -2.32. The van der Waals surface area contributed by atoms with Crippen LogP contribution in [0.1, 0.15) is 37.2 Å². The summed E-state index contributed by atoms with van der Waals surface area (Å²) >= 11 is 0. The molecule has 3 aromatic heterocycles. The molecule has 0 bridgehead atoms. The predicted octanol–water partition coefficient (Wildman–Crippen LogP) is 3.55. The average Bonchev–Trinajstić information content (AvgIpc) is 3.20. The number of nitrogens with one attached hydrogen (secondary N) is 1. The Morgan fingerprint density at radius 1 is 1.17 bits per heavy atom. The van der Waals surface area contributed by atoms with Crippen LogP contribution in [0.4, 0.5) is 0 Å². The highest BCUT2D eigenvalue weighted by Crippen LogP contribution is 2.36. The summed E-state index contributed by atoms with van der Waals surface area (Å²) in [6.07, 6.45) is 13.1. The molecule has 24 heavy (non-hydrogen) atoms. The molecule has 0 aliphatic heterocycles. The molecule has 1 aliphatic rings. The second-order valence-electron chi connectivity index (χ2n) is 7.24. The van der Waals surface area contributed by atoms with E-state index in [2.05, 4.69) is 52.5 Å². The molecule has 0 aromatic carbocycles. The van der Waals surface area contributed by atoms with Gasteiger partial charge in [0.2, 0.25) is 0 Å². The van der Waals surface area contributed by atoms with Crippen molar-refractivity contribution in [3.63, 3.8) is 0 Å². The lowest BCUT2D eigenvalue weighted by Crippen LogP contribution is -2.31. The van der Waals surface area contributed by atoms with Gasteiger partial charge >= 0.3 is 0 Å². The van der Waals surface area contributed by atoms with Crippen LogP contribution in [0, 0.1) is 0 Å². The maximum atomic E-state index is 4.67. The topological polar surface area (TPSA) is 49.7 Å². The SMILES string of the molecule is CN(C)C1CCC(c2cnc3[nH]cc(-c4cnn(C)c4)c3c2)CC1. The van der Waals surface area contributed by atoms with Crippen LogP contribution in [-0.2, 0) is 7.05 Å². The monoisotopic (exact) mass is 323 g/mol. The van der Waals surface area contributed by atoms with Gasteiger partial charge in [-0.3, -0.25) is 4.68 Å². The number of hydrogen-bond acceptors (Lipinski definition) is 3. The lowest BCUT2D eigenvalue weighted by atomic mass is 9.81. The first-order chi connectivity index (χ1) is 11.6. The van der Waals surface area contributed by atoms with Crippen LogP contribution in [0.3, 0.4) is 0 Å². The van der Waals surface area contributed by atoms with E-state index >= 15 is 0 Å². The van der Waals surface area contributed by atoms with E-state index in [0.717, 1.165) is 17.3 Å². The Balaban J connectivity index is 1.64. The molecule has 0 unspecified atom stereocenters. The van der Waals surface area contributed by atoms with E-state index in [-0.39, 0.29) is 0 Å². The maximum Gasteiger partial charge on any atom is 0.137 e. The summed E-state index contributed by atoms with van der Waals surface area (Å²) in [6, 6.07) is 3.07. The quantitative estimate of drug-likeness (QED) is 0.802. The number of pyridine rings is 1. The van der Waals surface area contributed by atoms with Gasteiger partial charge in [-0.1, -0.05) is 0 Å². The summed E-state index contributed by atoms with van der Waals surface area (Å²) in [4.78, 5) is 10.3. The largest absolute Gasteiger partial charge is 0.346 e. The minimum Gasteiger partial charge on any atom is -0.346 e. The zero-order valence-corrected chi connectivity index (χ0v) is 14.7. The zero-order chi connectivity index (χ0) is 16.7. The highest BCUT2D eigenvalue weighted by atomic mass is 15.2. The Kier molecular flexibility index (Phi) is 3.88. The molecule has 0 saturated heterocycles. The number of aromatic nitrogens is 4. The highest BCUT2D eigenvalue weighted by molar-refractivity contribution is 5.93. The number of aryl methyl sites for hydroxylation is 1. The minimum atomic E-state index is 0.634. The molecular formula is C19H25N5. The fourth-order valence-electron chi connectivity index (χ4n) is 3.97. The molecule has 3 aromatic rings. The molecule has 0 amide bonds. The summed E-state index contributed by atoms with van der Waals surface area (Å²) in [5, 5.41) is 5.50. The first-order valence-electron chi connectivity index (χ1n) is 8.74. The second-order valence-corrected chi connectivity index (χ2v) is 7.24. The fourth-order valence-corrected chi connectivity index (χ4v) is 3.97. The van der Waals surface area contributed by atoms with Crippen LogP contribution < -0.4 is 0 Å². The fraction of sp³-hybridized carbons (Fsp3) is 0.474. The van der Waals surface area contributed by atoms with Gasteiger partial charge in [0, 0.05) is 48.2 Å². The molecule has 126 valence electrons. The van der Waals surface area contributed by atoms with Gasteiger partial charge in [-0.2, -0.15) is 5.10 Å². The molecule has 0 spiro atoms. The third-order valence-corrected chi connectivity index (χ3v) is 5.47. The van der Waals surface area contributed by atoms with Gasteiger partial charge < -0.3 is 9.88 Å². The summed E-state index contributed by atoms with van der Waals surface area (Å²) in [5.41, 5.74) is 4.66. The Labute approximate surface area is 142 Å². The molecule has 1 fully saturated rings. The molecule has 0 atom stereocenters. The van der Waals surface area contributed by atoms with E-state index in [9.17, 15) is 0 Å². The Morgan fingerprint density at radius 3 is 2.62 bits per heavy atom. The molecule has 5 nitrogen and oxygen atoms in total. The Bertz CT molecular complexity index is 836. The Morgan fingerprint density at radius 2 is 1.96 bits per heavy atom. The van der Waals surface area contributed by atoms with Gasteiger partial charge in [-0.15, -0.1) is 0 Å². The third-order valence-electron chi connectivity index (χ3n) is 5.47. The number of fused-ring (bicyclic) bond motifs is 1. The molecule has 1 aliphatic carbocycles. The molecule has 1 N–H and O–H groups in total. The summed E-state index contributed by atoms with van der Waals surface area (Å²) in [6.45, 7) is 0. The van der Waals surface area contributed by atoms with Crippen molar-refractivity contribution in [1.82, 2.24) is 24.6 Å². The molecule has 5 heteroatoms. The number of nitrogens with zero attached hydrogens (tertiary/aromatic N) is 4. The molecule has 4 rings (SSSR count). The van der Waals surface area contributed by atoms with Gasteiger partial charge in [0.25, 0.3) is 0 Å². The van der Waals surface area contributed by atoms with Crippen LogP contribution >= 0.6 is 0 Å². The van der Waals surface area contributed by atoms with Crippen molar-refractivity contribution in [3.8, 4) is 11.1 Å². The van der Waals surface area contributed by atoms with Crippen molar-refractivity contribution >= 4 is 11.0 Å². The molecular weight excluding hydrogens is 298 g/mol. The molecule has 0 radical (unpaired) electrons. The number of H-pyrrole nitrogens is 1. The molecule has 1 saturated carbocycles. The number of aromatic amines is 1. The van der Waals surface area contributed by atoms with E-state index in [1.807, 2.05) is 24.1 Å². The van der Waals surface area contributed by atoms with Crippen LogP contribution in [0.15, 0.2) is 30.9 Å². The van der Waals surface area contributed by atoms with E-state index < -0.39 is 0 Å². The van der Waals surface area contributed by atoms with Crippen LogP contribution in [-0.4, -0.2) is 44.8 Å². The van der Waals surface area contributed by atoms with Crippen molar-refractivity contribution in [1.29, 1.82) is 0 Å². The summed E-state index contributed by atoms with van der Waals surface area (Å²) in [7, 11) is 6.34. The summed E-state index contributed by atoms with van der Waals surface area (Å²) < 4.78 is 1.84. The van der Waals surface area contributed by atoms with Crippen molar-refractivity contribution in [2.45, 2.75) is 37.6 Å². The van der Waals surface area contributed by atoms with Crippen molar-refractivity contribution < 1.29 is 0 Å². The van der Waals surface area contributed by atoms with E-state index in [1.165, 1.54) is 42.2 Å². The van der Waals surface area contributed by atoms with Gasteiger partial charge in [0.1, 0.15) is 5.65 Å². The standard InChI is InChI=1S/C19H25N5/c1-23(2)16-6-4-13(5-7-16)14-8-17-18(11-21-19(17)20-9-14)15-10-22-24(3)12-15/h8-13,16H,4-7H2,1-3H3,(H,20,21). The third kappa shape index (κ3) is 2.73. The second kappa shape index (κ2) is 6.06. The van der Waals surface area contributed by atoms with Crippen LogP contribution in [0.25, 0.3) is 22.2 Å². The van der Waals surface area contributed by atoms with Gasteiger partial charge in [-0.25, -0.2) is 4.98 Å². The predicted molar refractivity (Wildman–Crippen MR) is 97.0 cm³/mol. The van der Waals surface area contributed by atoms with Crippen LogP contribution in [0.5, 0.6) is 0 Å². The first kappa shape index (κ1) is 15.4. The number of hydrogen-bond donors (Lipinski definition) is 1. The van der Waals surface area contributed by atoms with E-state index in [1.54, 1.807) is 0 Å². The minimum absolute atomic E-state index is 0.634. The highest BCUT2D eigenvalue weighted by Gasteiger charge is 2.24. The Hall–Kier alpha value is -2.14. The lowest BCUT2D eigenvalue weighted by molar-refractivity contribution is 0.216. The zero-order valence-electron chi connectivity index (χ0n) is 14.7. The molecule has 3 heterocycles. The first-order valence-corrected chi connectivity index (χ1v) is 8.74. The smallest absolute Gasteiger partial charge is 0.137 e. The van der Waals surface area contributed by atoms with Gasteiger partial charge in [0.15, 0.2) is 0 Å². The van der Waals surface area contributed by atoms with Gasteiger partial charge in [0.05, 0.1) is 6.20 Å². The van der Waals surface area contributed by atoms with Crippen molar-refractivity contribution in [2.24, 2.45) is 7.05 Å². The van der Waals surface area contributed by atoms with E-state index in [0.29, 0.717) is 5.92 Å². The number of rotatable bonds is 3. The van der Waals surface area contributed by atoms with Crippen molar-refractivity contribution in [2.75, 3.05) is 14.1 Å². The average molecular weight is 323 g/mol. The van der Waals surface area contributed by atoms with Crippen LogP contribution in [0.2, 0.25) is 0 Å².